The minimum atomic E-state index is -3.29. The molecule has 0 aliphatic carbocycles. The summed E-state index contributed by atoms with van der Waals surface area (Å²) in [6.07, 6.45) is 1.46. The minimum Gasteiger partial charge on any atom is -0.276 e. The molecule has 0 aromatic carbocycles. The van der Waals surface area contributed by atoms with Gasteiger partial charge in [0.05, 0.1) is 7.11 Å². The molecule has 0 bridgehead atoms. The predicted octanol–water partition coefficient (Wildman–Crippen LogP) is 0.448. The first-order valence-corrected chi connectivity index (χ1v) is 4.76. The lowest BCUT2D eigenvalue weighted by Gasteiger charge is -1.86. The maximum atomic E-state index is 10.2. The van der Waals surface area contributed by atoms with Gasteiger partial charge in [0.15, 0.2) is 6.38 Å². The van der Waals surface area contributed by atoms with E-state index in [-0.39, 0.29) is 0 Å². The zero-order chi connectivity index (χ0) is 5.91. The Labute approximate surface area is 45.7 Å². The Bertz CT molecular complexity index is 84.9. The van der Waals surface area contributed by atoms with Crippen molar-refractivity contribution in [3.05, 3.63) is 0 Å². The van der Waals surface area contributed by atoms with Gasteiger partial charge < -0.3 is 0 Å². The standard InChI is InChI=1S/C2H6ClO3P/c1-3-7(4,5)6-2/h1-2H3/p+1. The average molecular weight is 146 g/mol. The molecule has 0 heterocycles. The molecule has 0 spiro atoms. The monoisotopic (exact) mass is 145 g/mol. The van der Waals surface area contributed by atoms with Crippen LogP contribution in [0.2, 0.25) is 0 Å². The lowest BCUT2D eigenvalue weighted by atomic mass is 11.8. The molecule has 0 aromatic heterocycles. The van der Waals surface area contributed by atoms with E-state index in [2.05, 4.69) is 4.52 Å². The molecular weight excluding hydrogens is 138 g/mol. The average Bonchev–Trinajstić information content (AvgIpc) is 1.68. The van der Waals surface area contributed by atoms with Gasteiger partial charge in [0.2, 0.25) is 10.4 Å². The van der Waals surface area contributed by atoms with Crippen molar-refractivity contribution >= 4 is 6.95 Å². The van der Waals surface area contributed by atoms with Crippen molar-refractivity contribution < 1.29 is 24.4 Å². The summed E-state index contributed by atoms with van der Waals surface area (Å²) in [4.78, 5) is 8.40. The number of hydrogen-bond donors (Lipinski definition) is 1. The molecule has 3 nitrogen and oxygen atoms in total. The van der Waals surface area contributed by atoms with Gasteiger partial charge in [-0.2, -0.15) is 4.57 Å². The second-order valence-electron chi connectivity index (χ2n) is 0.803. The van der Waals surface area contributed by atoms with Crippen LogP contribution in [0, 0.1) is 10.4 Å². The van der Waals surface area contributed by atoms with E-state index in [1.807, 2.05) is 0 Å². The lowest BCUT2D eigenvalue weighted by Crippen LogP contribution is -1.81. The molecule has 0 aliphatic rings. The topological polar surface area (TPSA) is 46.5 Å². The van der Waals surface area contributed by atoms with E-state index in [1.165, 1.54) is 23.9 Å². The van der Waals surface area contributed by atoms with Crippen molar-refractivity contribution in [1.82, 2.24) is 0 Å². The van der Waals surface area contributed by atoms with Crippen molar-refractivity contribution in [3.63, 3.8) is 0 Å². The Morgan fingerprint density at radius 2 is 2.29 bits per heavy atom. The highest BCUT2D eigenvalue weighted by Gasteiger charge is 2.30. The van der Waals surface area contributed by atoms with Crippen LogP contribution in [0.15, 0.2) is 0 Å². The highest BCUT2D eigenvalue weighted by atomic mass is 35.7. The smallest absolute Gasteiger partial charge is 0.276 e. The van der Waals surface area contributed by atoms with Crippen LogP contribution < -0.4 is 0 Å². The number of hydrogen-bond acceptors (Lipinski definition) is 2. The maximum absolute atomic E-state index is 10.2. The van der Waals surface area contributed by atoms with Gasteiger partial charge in [0.25, 0.3) is 0 Å². The third-order valence-electron chi connectivity index (χ3n) is 0.439. The molecule has 44 valence electrons. The van der Waals surface area contributed by atoms with Crippen molar-refractivity contribution in [2.24, 2.45) is 0 Å². The van der Waals surface area contributed by atoms with Gasteiger partial charge in [-0.15, -0.1) is 0 Å². The third-order valence-corrected chi connectivity index (χ3v) is 3.01. The van der Waals surface area contributed by atoms with Gasteiger partial charge in [-0.1, -0.05) is 0 Å². The molecule has 0 aliphatic heterocycles. The van der Waals surface area contributed by atoms with E-state index in [0.29, 0.717) is 0 Å². The number of halogens is 1. The highest BCUT2D eigenvalue weighted by Crippen LogP contribution is 2.41. The summed E-state index contributed by atoms with van der Waals surface area (Å²) in [5.41, 5.74) is 0. The first-order valence-electron chi connectivity index (χ1n) is 1.52. The van der Waals surface area contributed by atoms with Crippen LogP contribution in [-0.4, -0.2) is 18.4 Å². The highest BCUT2D eigenvalue weighted by molar-refractivity contribution is 7.45. The van der Waals surface area contributed by atoms with E-state index in [4.69, 9.17) is 4.89 Å². The lowest BCUT2D eigenvalue weighted by molar-refractivity contribution is -0.491. The molecule has 1 unspecified atom stereocenters. The van der Waals surface area contributed by atoms with Crippen molar-refractivity contribution in [2.45, 2.75) is 0 Å². The van der Waals surface area contributed by atoms with Gasteiger partial charge in [-0.05, 0) is 0 Å². The molecule has 0 aromatic rings. The van der Waals surface area contributed by atoms with Gasteiger partial charge >= 0.3 is 6.95 Å². The second-order valence-corrected chi connectivity index (χ2v) is 4.70. The van der Waals surface area contributed by atoms with E-state index >= 15 is 0 Å². The Hall–Kier alpha value is 0.440. The summed E-state index contributed by atoms with van der Waals surface area (Å²) in [6, 6.07) is 0. The van der Waals surface area contributed by atoms with Crippen LogP contribution in [0.25, 0.3) is 0 Å². The first-order chi connectivity index (χ1) is 3.12. The second kappa shape index (κ2) is 2.68. The molecule has 0 amide bonds. The van der Waals surface area contributed by atoms with Crippen LogP contribution in [-0.2, 0) is 9.09 Å². The minimum absolute atomic E-state index is 1.19. The zero-order valence-corrected chi connectivity index (χ0v) is 5.74. The van der Waals surface area contributed by atoms with Gasteiger partial charge in [-0.3, -0.25) is 9.42 Å². The summed E-state index contributed by atoms with van der Waals surface area (Å²) < 4.78 is 14.4. The fourth-order valence-electron chi connectivity index (χ4n) is 0.0690. The maximum Gasteiger partial charge on any atom is 0.613 e. The van der Waals surface area contributed by atoms with Crippen molar-refractivity contribution in [3.8, 4) is 0 Å². The molecule has 0 saturated heterocycles. The van der Waals surface area contributed by atoms with E-state index in [1.54, 1.807) is 0 Å². The van der Waals surface area contributed by atoms with Gasteiger partial charge in [0, 0.05) is 0 Å². The zero-order valence-electron chi connectivity index (χ0n) is 4.09. The van der Waals surface area contributed by atoms with Gasteiger partial charge in [0.1, 0.15) is 0 Å². The molecule has 0 fully saturated rings. The summed E-state index contributed by atoms with van der Waals surface area (Å²) in [7, 11) is 2.43. The Balaban J connectivity index is 3.61. The van der Waals surface area contributed by atoms with Crippen LogP contribution in [0.5, 0.6) is 0 Å². The van der Waals surface area contributed by atoms with Crippen LogP contribution >= 0.6 is 6.95 Å². The van der Waals surface area contributed by atoms with E-state index in [0.717, 1.165) is 0 Å². The first kappa shape index (κ1) is 7.44. The van der Waals surface area contributed by atoms with Crippen LogP contribution in [0.1, 0.15) is 0 Å². The summed E-state index contributed by atoms with van der Waals surface area (Å²) in [5.74, 6) is 0. The molecule has 7 heavy (non-hydrogen) atoms. The summed E-state index contributed by atoms with van der Waals surface area (Å²) in [6.45, 7) is -3.29. The normalized spacial score (nSPS) is 18.7. The number of rotatable bonds is 2. The van der Waals surface area contributed by atoms with Crippen LogP contribution in [0.3, 0.4) is 0 Å². The molecule has 5 heteroatoms. The van der Waals surface area contributed by atoms with Crippen molar-refractivity contribution in [1.29, 1.82) is 0 Å². The van der Waals surface area contributed by atoms with E-state index in [9.17, 15) is 4.57 Å². The Morgan fingerprint density at radius 1 is 1.86 bits per heavy atom. The fraction of sp³-hybridized carbons (Fsp3) is 1.00. The van der Waals surface area contributed by atoms with E-state index < -0.39 is 6.95 Å². The predicted molar refractivity (Wildman–Crippen MR) is 22.8 cm³/mol. The quantitative estimate of drug-likeness (QED) is 0.453. The molecular formula is C2H7ClO3P+. The molecule has 0 radical (unpaired) electrons. The number of alkyl halides is 1. The molecule has 0 saturated carbocycles. The SMILES string of the molecule is COP(=O)(O)[Cl+]C. The third kappa shape index (κ3) is 3.06. The summed E-state index contributed by atoms with van der Waals surface area (Å²) in [5, 5.41) is 0. The fourth-order valence-corrected chi connectivity index (χ4v) is 0.621. The summed E-state index contributed by atoms with van der Waals surface area (Å²) >= 11 is 0. The molecule has 1 N–H and O–H groups in total. The Morgan fingerprint density at radius 3 is 2.29 bits per heavy atom. The molecule has 1 atom stereocenters. The Kier molecular flexibility index (Phi) is 2.84. The van der Waals surface area contributed by atoms with Crippen LogP contribution in [0.4, 0.5) is 0 Å². The largest absolute Gasteiger partial charge is 0.613 e. The molecule has 0 rings (SSSR count). The van der Waals surface area contributed by atoms with Crippen molar-refractivity contribution in [2.75, 3.05) is 13.5 Å². The van der Waals surface area contributed by atoms with Gasteiger partial charge in [-0.25, -0.2) is 0 Å².